The van der Waals surface area contributed by atoms with Crippen LogP contribution < -0.4 is 5.32 Å². The van der Waals surface area contributed by atoms with E-state index in [1.807, 2.05) is 35.2 Å². The van der Waals surface area contributed by atoms with Gasteiger partial charge in [-0.3, -0.25) is 5.32 Å². The fourth-order valence-electron chi connectivity index (χ4n) is 4.41. The molecule has 132 valence electrons. The van der Waals surface area contributed by atoms with Crippen LogP contribution in [0.1, 0.15) is 37.7 Å². The second-order valence-corrected chi connectivity index (χ2v) is 7.70. The van der Waals surface area contributed by atoms with Gasteiger partial charge in [0.1, 0.15) is 5.51 Å². The first-order chi connectivity index (χ1) is 12.2. The van der Waals surface area contributed by atoms with E-state index < -0.39 is 5.60 Å². The summed E-state index contributed by atoms with van der Waals surface area (Å²) in [4.78, 5) is 14.6. The van der Waals surface area contributed by atoms with E-state index in [1.165, 1.54) is 11.3 Å². The van der Waals surface area contributed by atoms with E-state index >= 15 is 0 Å². The maximum absolute atomic E-state index is 12.7. The molecule has 2 fully saturated rings. The lowest BCUT2D eigenvalue weighted by atomic mass is 9.66. The number of amides is 2. The molecule has 1 aliphatic carbocycles. The number of fused-ring (bicyclic) bond motifs is 1. The average Bonchev–Trinajstić information content (AvgIpc) is 3.16. The molecule has 1 saturated carbocycles. The number of carbonyl (C=O) groups is 1. The van der Waals surface area contributed by atoms with Crippen LogP contribution in [0.4, 0.5) is 9.93 Å². The Labute approximate surface area is 150 Å². The Morgan fingerprint density at radius 2 is 2.08 bits per heavy atom. The van der Waals surface area contributed by atoms with Crippen molar-refractivity contribution in [2.24, 2.45) is 5.92 Å². The lowest BCUT2D eigenvalue weighted by Crippen LogP contribution is -2.59. The van der Waals surface area contributed by atoms with Gasteiger partial charge < -0.3 is 10.0 Å². The number of nitrogens with zero attached hydrogens (tertiary/aromatic N) is 3. The van der Waals surface area contributed by atoms with Crippen LogP contribution in [0.15, 0.2) is 35.8 Å². The number of rotatable bonds is 2. The summed E-state index contributed by atoms with van der Waals surface area (Å²) in [6, 6.07) is 9.84. The van der Waals surface area contributed by atoms with Crippen molar-refractivity contribution < 1.29 is 9.90 Å². The second kappa shape index (κ2) is 6.72. The van der Waals surface area contributed by atoms with Gasteiger partial charge in [0.15, 0.2) is 0 Å². The van der Waals surface area contributed by atoms with Crippen molar-refractivity contribution in [1.29, 1.82) is 0 Å². The largest absolute Gasteiger partial charge is 0.385 e. The number of carbonyl (C=O) groups excluding carboxylic acids is 1. The summed E-state index contributed by atoms with van der Waals surface area (Å²) < 4.78 is 0. The van der Waals surface area contributed by atoms with Crippen molar-refractivity contribution in [1.82, 2.24) is 15.1 Å². The Bertz CT molecular complexity index is 724. The quantitative estimate of drug-likeness (QED) is 0.864. The zero-order chi connectivity index (χ0) is 17.3. The number of aliphatic hydroxyl groups is 1. The second-order valence-electron chi connectivity index (χ2n) is 6.87. The molecule has 2 aliphatic rings. The summed E-state index contributed by atoms with van der Waals surface area (Å²) in [5.41, 5.74) is 1.71. The van der Waals surface area contributed by atoms with Crippen LogP contribution in [0.2, 0.25) is 0 Å². The number of hydrogen-bond donors (Lipinski definition) is 2. The lowest BCUT2D eigenvalue weighted by Gasteiger charge is -2.52. The molecule has 1 aliphatic heterocycles. The van der Waals surface area contributed by atoms with Crippen molar-refractivity contribution in [3.05, 3.63) is 41.4 Å². The highest BCUT2D eigenvalue weighted by Gasteiger charge is 2.50. The molecule has 6 nitrogen and oxygen atoms in total. The predicted molar refractivity (Wildman–Crippen MR) is 96.3 cm³/mol. The van der Waals surface area contributed by atoms with Gasteiger partial charge in [0.25, 0.3) is 0 Å². The van der Waals surface area contributed by atoms with Crippen molar-refractivity contribution >= 4 is 22.5 Å². The van der Waals surface area contributed by atoms with Gasteiger partial charge in [-0.25, -0.2) is 4.79 Å². The Balaban J connectivity index is 1.59. The molecule has 0 radical (unpaired) electrons. The third kappa shape index (κ3) is 3.02. The molecule has 2 N–H and O–H groups in total. The molecule has 1 aromatic carbocycles. The molecule has 25 heavy (non-hydrogen) atoms. The van der Waals surface area contributed by atoms with E-state index in [4.69, 9.17) is 0 Å². The number of nitrogens with one attached hydrogen (secondary N) is 1. The summed E-state index contributed by atoms with van der Waals surface area (Å²) in [7, 11) is 0. The summed E-state index contributed by atoms with van der Waals surface area (Å²) in [6.07, 6.45) is 4.63. The van der Waals surface area contributed by atoms with Crippen molar-refractivity contribution in [2.45, 2.75) is 43.7 Å². The number of piperidine rings is 1. The number of anilines is 1. The molecule has 2 amide bonds. The van der Waals surface area contributed by atoms with E-state index in [0.29, 0.717) is 18.1 Å². The monoisotopic (exact) mass is 358 g/mol. The molecule has 4 rings (SSSR count). The van der Waals surface area contributed by atoms with E-state index in [1.54, 1.807) is 5.51 Å². The van der Waals surface area contributed by atoms with Gasteiger partial charge in [0.2, 0.25) is 5.13 Å². The minimum Gasteiger partial charge on any atom is -0.385 e. The summed E-state index contributed by atoms with van der Waals surface area (Å²) in [5, 5.41) is 22.5. The van der Waals surface area contributed by atoms with Crippen LogP contribution in [0.3, 0.4) is 0 Å². The average molecular weight is 358 g/mol. The molecule has 3 atom stereocenters. The summed E-state index contributed by atoms with van der Waals surface area (Å²) in [5.74, 6) is 0.0672. The highest BCUT2D eigenvalue weighted by atomic mass is 32.1. The molecule has 2 heterocycles. The highest BCUT2D eigenvalue weighted by molar-refractivity contribution is 7.13. The Morgan fingerprint density at radius 3 is 2.84 bits per heavy atom. The maximum Gasteiger partial charge on any atom is 0.323 e. The fraction of sp³-hybridized carbons (Fsp3) is 0.500. The topological polar surface area (TPSA) is 78.4 Å². The molecular formula is C18H22N4O2S. The van der Waals surface area contributed by atoms with Crippen LogP contribution in [-0.2, 0) is 5.60 Å². The molecule has 7 heteroatoms. The number of likely N-dealkylation sites (tertiary alicyclic amines) is 1. The van der Waals surface area contributed by atoms with Gasteiger partial charge in [-0.05, 0) is 24.8 Å². The van der Waals surface area contributed by atoms with E-state index in [-0.39, 0.29) is 18.0 Å². The third-order valence-electron chi connectivity index (χ3n) is 5.59. The standard InChI is InChI=1S/C18H22N4O2S/c23-17(20-16-21-19-12-25-16)22-11-10-18(24,13-6-2-1-3-7-13)14-8-4-5-9-15(14)22/h1-3,6-7,12,14-15,24H,4-5,8-11H2,(H,20,21,23)/t14-,15+,18+/m0/s1. The van der Waals surface area contributed by atoms with E-state index in [0.717, 1.165) is 31.2 Å². The maximum atomic E-state index is 12.7. The number of benzene rings is 1. The summed E-state index contributed by atoms with van der Waals surface area (Å²) >= 11 is 1.31. The minimum absolute atomic E-state index is 0.0561. The van der Waals surface area contributed by atoms with Gasteiger partial charge in [-0.1, -0.05) is 54.5 Å². The van der Waals surface area contributed by atoms with Gasteiger partial charge in [-0.15, -0.1) is 10.2 Å². The Morgan fingerprint density at radius 1 is 1.28 bits per heavy atom. The van der Waals surface area contributed by atoms with Gasteiger partial charge in [-0.2, -0.15) is 0 Å². The molecular weight excluding hydrogens is 336 g/mol. The zero-order valence-electron chi connectivity index (χ0n) is 14.0. The molecule has 0 bridgehead atoms. The normalized spacial score (nSPS) is 29.1. The molecule has 2 aromatic rings. The van der Waals surface area contributed by atoms with Crippen molar-refractivity contribution in [3.63, 3.8) is 0 Å². The van der Waals surface area contributed by atoms with Crippen LogP contribution >= 0.6 is 11.3 Å². The highest BCUT2D eigenvalue weighted by Crippen LogP contribution is 2.47. The molecule has 1 saturated heterocycles. The van der Waals surface area contributed by atoms with Crippen molar-refractivity contribution in [3.8, 4) is 0 Å². The number of urea groups is 1. The van der Waals surface area contributed by atoms with Crippen LogP contribution in [0, 0.1) is 5.92 Å². The van der Waals surface area contributed by atoms with E-state index in [9.17, 15) is 9.90 Å². The zero-order valence-corrected chi connectivity index (χ0v) is 14.8. The lowest BCUT2D eigenvalue weighted by molar-refractivity contribution is -0.107. The van der Waals surface area contributed by atoms with E-state index in [2.05, 4.69) is 15.5 Å². The number of aromatic nitrogens is 2. The van der Waals surface area contributed by atoms with Crippen molar-refractivity contribution in [2.75, 3.05) is 11.9 Å². The minimum atomic E-state index is -0.855. The molecule has 0 spiro atoms. The smallest absolute Gasteiger partial charge is 0.323 e. The SMILES string of the molecule is O=C(Nc1nncs1)N1CC[C@@](O)(c2ccccc2)[C@H]2CCCC[C@H]21. The van der Waals surface area contributed by atoms with Gasteiger partial charge in [0, 0.05) is 18.5 Å². The fourth-order valence-corrected chi connectivity index (χ4v) is 4.85. The Kier molecular flexibility index (Phi) is 4.43. The number of hydrogen-bond acceptors (Lipinski definition) is 5. The first-order valence-electron chi connectivity index (χ1n) is 8.80. The third-order valence-corrected chi connectivity index (χ3v) is 6.19. The molecule has 1 aromatic heterocycles. The van der Waals surface area contributed by atoms with Gasteiger partial charge >= 0.3 is 6.03 Å². The predicted octanol–water partition coefficient (Wildman–Crippen LogP) is 3.22. The van der Waals surface area contributed by atoms with Crippen LogP contribution in [0.25, 0.3) is 0 Å². The summed E-state index contributed by atoms with van der Waals surface area (Å²) in [6.45, 7) is 0.539. The molecule has 0 unspecified atom stereocenters. The Hall–Kier alpha value is -1.99. The van der Waals surface area contributed by atoms with Crippen LogP contribution in [0.5, 0.6) is 0 Å². The first-order valence-corrected chi connectivity index (χ1v) is 9.68. The first kappa shape index (κ1) is 16.5. The van der Waals surface area contributed by atoms with Crippen LogP contribution in [-0.4, -0.2) is 38.8 Å². The van der Waals surface area contributed by atoms with Gasteiger partial charge in [0.05, 0.1) is 5.60 Å².